The first-order valence-electron chi connectivity index (χ1n) is 10.5. The SMILES string of the molecule is CCOCCn1c(C=CNc2ccccc2)[n+](CC)c2ccc(C(=O)OCC)cc21. The van der Waals surface area contributed by atoms with Gasteiger partial charge in [-0.1, -0.05) is 18.2 Å². The topological polar surface area (TPSA) is 56.4 Å². The number of imidazole rings is 1. The van der Waals surface area contributed by atoms with Gasteiger partial charge in [-0.25, -0.2) is 13.9 Å². The van der Waals surface area contributed by atoms with E-state index >= 15 is 0 Å². The van der Waals surface area contributed by atoms with Gasteiger partial charge in [0.05, 0.1) is 25.3 Å². The molecule has 0 aliphatic rings. The van der Waals surface area contributed by atoms with E-state index in [1.807, 2.05) is 68.6 Å². The third-order valence-corrected chi connectivity index (χ3v) is 4.86. The van der Waals surface area contributed by atoms with Crippen molar-refractivity contribution in [1.29, 1.82) is 0 Å². The minimum atomic E-state index is -0.303. The molecule has 0 unspecified atom stereocenters. The molecule has 3 rings (SSSR count). The molecule has 1 aromatic heterocycles. The van der Waals surface area contributed by atoms with E-state index < -0.39 is 0 Å². The highest BCUT2D eigenvalue weighted by Crippen LogP contribution is 2.19. The smallest absolute Gasteiger partial charge is 0.338 e. The molecule has 0 spiro atoms. The van der Waals surface area contributed by atoms with E-state index in [1.54, 1.807) is 0 Å². The Balaban J connectivity index is 2.03. The number of hydrogen-bond acceptors (Lipinski definition) is 4. The fourth-order valence-electron chi connectivity index (χ4n) is 3.50. The summed E-state index contributed by atoms with van der Waals surface area (Å²) in [6, 6.07) is 15.8. The van der Waals surface area contributed by atoms with Gasteiger partial charge in [0, 0.05) is 30.6 Å². The molecule has 30 heavy (non-hydrogen) atoms. The summed E-state index contributed by atoms with van der Waals surface area (Å²) in [6.45, 7) is 9.04. The zero-order chi connectivity index (χ0) is 21.3. The Bertz CT molecular complexity index is 1010. The zero-order valence-electron chi connectivity index (χ0n) is 17.9. The maximum Gasteiger partial charge on any atom is 0.338 e. The third-order valence-electron chi connectivity index (χ3n) is 4.86. The van der Waals surface area contributed by atoms with Crippen LogP contribution in [0.5, 0.6) is 0 Å². The molecule has 0 amide bonds. The van der Waals surface area contributed by atoms with Gasteiger partial charge < -0.3 is 14.8 Å². The number of nitrogens with zero attached hydrogens (tertiary/aromatic N) is 2. The summed E-state index contributed by atoms with van der Waals surface area (Å²) >= 11 is 0. The lowest BCUT2D eigenvalue weighted by Gasteiger charge is -2.03. The molecular formula is C24H30N3O3+. The Morgan fingerprint density at radius 2 is 1.90 bits per heavy atom. The van der Waals surface area contributed by atoms with E-state index in [-0.39, 0.29) is 5.97 Å². The molecule has 0 aliphatic carbocycles. The number of carbonyl (C=O) groups is 1. The van der Waals surface area contributed by atoms with Gasteiger partial charge in [0.25, 0.3) is 5.82 Å². The van der Waals surface area contributed by atoms with E-state index in [1.165, 1.54) is 0 Å². The molecule has 0 saturated carbocycles. The Morgan fingerprint density at radius 1 is 1.10 bits per heavy atom. The van der Waals surface area contributed by atoms with Crippen LogP contribution in [0.3, 0.4) is 0 Å². The molecule has 6 heteroatoms. The second kappa shape index (κ2) is 10.6. The lowest BCUT2D eigenvalue weighted by Crippen LogP contribution is -2.35. The minimum absolute atomic E-state index is 0.303. The van der Waals surface area contributed by atoms with Gasteiger partial charge in [-0.15, -0.1) is 0 Å². The number of hydrogen-bond donors (Lipinski definition) is 1. The third kappa shape index (κ3) is 4.89. The van der Waals surface area contributed by atoms with Gasteiger partial charge in [-0.2, -0.15) is 0 Å². The van der Waals surface area contributed by atoms with Crippen LogP contribution in [-0.2, 0) is 22.6 Å². The van der Waals surface area contributed by atoms with Crippen molar-refractivity contribution >= 4 is 28.8 Å². The fraction of sp³-hybridized carbons (Fsp3) is 0.333. The van der Waals surface area contributed by atoms with Gasteiger partial charge in [0.2, 0.25) is 0 Å². The highest BCUT2D eigenvalue weighted by Gasteiger charge is 2.23. The van der Waals surface area contributed by atoms with Gasteiger partial charge in [-0.05, 0) is 45.0 Å². The average molecular weight is 409 g/mol. The van der Waals surface area contributed by atoms with Gasteiger partial charge in [0.1, 0.15) is 6.54 Å². The zero-order valence-corrected chi connectivity index (χ0v) is 17.9. The van der Waals surface area contributed by atoms with Crippen molar-refractivity contribution in [2.45, 2.75) is 33.9 Å². The van der Waals surface area contributed by atoms with Crippen LogP contribution in [0.15, 0.2) is 54.7 Å². The summed E-state index contributed by atoms with van der Waals surface area (Å²) in [4.78, 5) is 12.3. The van der Waals surface area contributed by atoms with Crippen molar-refractivity contribution in [2.24, 2.45) is 0 Å². The van der Waals surface area contributed by atoms with E-state index in [4.69, 9.17) is 9.47 Å². The number of benzene rings is 2. The summed E-state index contributed by atoms with van der Waals surface area (Å²) in [5.74, 6) is 0.736. The second-order valence-electron chi connectivity index (χ2n) is 6.72. The molecule has 3 aromatic rings. The van der Waals surface area contributed by atoms with Crippen LogP contribution in [0.1, 0.15) is 37.0 Å². The second-order valence-corrected chi connectivity index (χ2v) is 6.72. The molecule has 0 bridgehead atoms. The predicted octanol–water partition coefficient (Wildman–Crippen LogP) is 4.24. The van der Waals surface area contributed by atoms with Gasteiger partial charge in [0.15, 0.2) is 11.0 Å². The van der Waals surface area contributed by atoms with Crippen LogP contribution in [0, 0.1) is 0 Å². The number of para-hydroxylation sites is 1. The molecular weight excluding hydrogens is 378 g/mol. The summed E-state index contributed by atoms with van der Waals surface area (Å²) in [5, 5.41) is 3.32. The molecule has 0 fully saturated rings. The Morgan fingerprint density at radius 3 is 2.60 bits per heavy atom. The highest BCUT2D eigenvalue weighted by atomic mass is 16.5. The molecule has 0 saturated heterocycles. The number of nitrogens with one attached hydrogen (secondary N) is 1. The lowest BCUT2D eigenvalue weighted by molar-refractivity contribution is -0.670. The van der Waals surface area contributed by atoms with Crippen molar-refractivity contribution in [3.63, 3.8) is 0 Å². The molecule has 0 atom stereocenters. The first-order valence-corrected chi connectivity index (χ1v) is 10.5. The summed E-state index contributed by atoms with van der Waals surface area (Å²) in [6.07, 6.45) is 4.01. The number of anilines is 1. The normalized spacial score (nSPS) is 11.3. The van der Waals surface area contributed by atoms with Crippen LogP contribution in [0.2, 0.25) is 0 Å². The van der Waals surface area contributed by atoms with E-state index in [9.17, 15) is 4.79 Å². The molecule has 158 valence electrons. The number of carbonyl (C=O) groups excluding carboxylic acids is 1. The average Bonchev–Trinajstić information content (AvgIpc) is 3.06. The van der Waals surface area contributed by atoms with Crippen LogP contribution >= 0.6 is 0 Å². The van der Waals surface area contributed by atoms with Crippen molar-refractivity contribution in [2.75, 3.05) is 25.1 Å². The van der Waals surface area contributed by atoms with Crippen molar-refractivity contribution in [3.8, 4) is 0 Å². The summed E-state index contributed by atoms with van der Waals surface area (Å²) in [7, 11) is 0. The summed E-state index contributed by atoms with van der Waals surface area (Å²) < 4.78 is 15.2. The maximum absolute atomic E-state index is 12.3. The number of fused-ring (bicyclic) bond motifs is 1. The largest absolute Gasteiger partial charge is 0.462 e. The first-order chi connectivity index (χ1) is 14.7. The molecule has 0 aliphatic heterocycles. The molecule has 1 N–H and O–H groups in total. The Labute approximate surface area is 177 Å². The predicted molar refractivity (Wildman–Crippen MR) is 119 cm³/mol. The Hall–Kier alpha value is -3.12. The van der Waals surface area contributed by atoms with Crippen molar-refractivity contribution in [1.82, 2.24) is 4.57 Å². The summed E-state index contributed by atoms with van der Waals surface area (Å²) in [5.41, 5.74) is 3.64. The lowest BCUT2D eigenvalue weighted by atomic mass is 10.2. The molecule has 0 radical (unpaired) electrons. The van der Waals surface area contributed by atoms with E-state index in [0.29, 0.717) is 31.9 Å². The maximum atomic E-state index is 12.3. The number of esters is 1. The molecule has 6 nitrogen and oxygen atoms in total. The van der Waals surface area contributed by atoms with Gasteiger partial charge >= 0.3 is 5.97 Å². The van der Waals surface area contributed by atoms with Gasteiger partial charge in [-0.3, -0.25) is 0 Å². The van der Waals surface area contributed by atoms with E-state index in [2.05, 4.69) is 27.5 Å². The quantitative estimate of drug-likeness (QED) is 0.310. The monoisotopic (exact) mass is 408 g/mol. The Kier molecular flexibility index (Phi) is 7.63. The van der Waals surface area contributed by atoms with Crippen LogP contribution in [0.25, 0.3) is 17.1 Å². The van der Waals surface area contributed by atoms with Crippen LogP contribution in [-0.4, -0.2) is 30.4 Å². The fourth-order valence-corrected chi connectivity index (χ4v) is 3.50. The first kappa shape index (κ1) is 21.6. The van der Waals surface area contributed by atoms with E-state index in [0.717, 1.165) is 29.1 Å². The van der Waals surface area contributed by atoms with Crippen LogP contribution in [0.4, 0.5) is 5.69 Å². The number of ether oxygens (including phenoxy) is 2. The van der Waals surface area contributed by atoms with Crippen molar-refractivity contribution < 1.29 is 18.8 Å². The highest BCUT2D eigenvalue weighted by molar-refractivity contribution is 5.93. The standard InChI is InChI=1S/C24H29N3O3/c1-4-26-21-13-12-19(24(28)30-6-3)18-22(21)27(16-17-29-5-2)23(26)14-15-25-20-10-8-7-9-11-20/h7-15,18H,4-6,16-17H2,1-3H3/p+1. The number of aromatic nitrogens is 2. The molecule has 2 aromatic carbocycles. The van der Waals surface area contributed by atoms with Crippen LogP contribution < -0.4 is 9.88 Å². The number of rotatable bonds is 10. The minimum Gasteiger partial charge on any atom is -0.462 e. The molecule has 1 heterocycles. The van der Waals surface area contributed by atoms with Crippen molar-refractivity contribution in [3.05, 3.63) is 66.1 Å². The number of aryl methyl sites for hydroxylation is 1.